The fraction of sp³-hybridized carbons (Fsp3) is 0.111. The van der Waals surface area contributed by atoms with Crippen molar-refractivity contribution in [3.8, 4) is 56.3 Å². The highest BCUT2D eigenvalue weighted by molar-refractivity contribution is 6.23. The van der Waals surface area contributed by atoms with Crippen molar-refractivity contribution in [2.75, 3.05) is 14.2 Å². The van der Waals surface area contributed by atoms with Crippen LogP contribution in [-0.2, 0) is 0 Å². The normalized spacial score (nSPS) is 10.9. The maximum atomic E-state index is 5.95. The van der Waals surface area contributed by atoms with E-state index in [0.717, 1.165) is 49.9 Å². The molecule has 0 bridgehead atoms. The van der Waals surface area contributed by atoms with E-state index >= 15 is 0 Å². The molecule has 4 nitrogen and oxygen atoms in total. The number of hydrogen-bond acceptors (Lipinski definition) is 4. The maximum absolute atomic E-state index is 5.95. The topological polar surface area (TPSA) is 44.2 Å². The molecule has 0 amide bonds. The summed E-state index contributed by atoms with van der Waals surface area (Å²) in [5, 5.41) is 9.06. The van der Waals surface area contributed by atoms with Crippen LogP contribution in [0.25, 0.3) is 98.9 Å². The van der Waals surface area contributed by atoms with Crippen molar-refractivity contribution in [3.63, 3.8) is 0 Å². The summed E-state index contributed by atoms with van der Waals surface area (Å²) >= 11 is 0. The van der Waals surface area contributed by atoms with Crippen LogP contribution in [0.5, 0.6) is 11.5 Å². The molecule has 0 saturated carbocycles. The summed E-state index contributed by atoms with van der Waals surface area (Å²) in [6.45, 7) is 8.00. The lowest BCUT2D eigenvalue weighted by molar-refractivity contribution is 0.362. The van der Waals surface area contributed by atoms with Crippen LogP contribution < -0.4 is 9.47 Å². The van der Waals surface area contributed by atoms with Gasteiger partial charge in [0.05, 0.1) is 25.6 Å². The first-order valence-electron chi connectivity index (χ1n) is 20.1. The average Bonchev–Trinajstić information content (AvgIpc) is 3.31. The molecule has 0 aliphatic rings. The molecule has 10 aromatic rings. The second-order valence-corrected chi connectivity index (χ2v) is 13.6. The molecule has 0 radical (unpaired) electrons. The summed E-state index contributed by atoms with van der Waals surface area (Å²) in [6, 6.07) is 60.1. The molecule has 0 atom stereocenters. The van der Waals surface area contributed by atoms with Gasteiger partial charge in [0.1, 0.15) is 11.0 Å². The van der Waals surface area contributed by atoms with Crippen LogP contribution in [0, 0.1) is 0 Å². The number of aromatic nitrogens is 2. The molecule has 0 aliphatic carbocycles. The number of fused-ring (bicyclic) bond motifs is 6. The van der Waals surface area contributed by atoms with Crippen molar-refractivity contribution in [1.82, 2.24) is 9.97 Å². The van der Waals surface area contributed by atoms with Crippen molar-refractivity contribution in [2.24, 2.45) is 0 Å². The summed E-state index contributed by atoms with van der Waals surface area (Å²) in [4.78, 5) is 10.5. The first-order valence-corrected chi connectivity index (χ1v) is 20.1. The van der Waals surface area contributed by atoms with Crippen LogP contribution in [0.1, 0.15) is 27.7 Å². The zero-order chi connectivity index (χ0) is 40.2. The minimum atomic E-state index is 0.645. The Labute approximate surface area is 340 Å². The van der Waals surface area contributed by atoms with Gasteiger partial charge >= 0.3 is 0 Å². The van der Waals surface area contributed by atoms with Crippen LogP contribution >= 0.6 is 0 Å². The van der Waals surface area contributed by atoms with Gasteiger partial charge in [-0.3, -0.25) is 0 Å². The monoisotopic (exact) mass is 754 g/mol. The second-order valence-electron chi connectivity index (χ2n) is 13.6. The van der Waals surface area contributed by atoms with E-state index in [1.54, 1.807) is 14.2 Å². The molecule has 284 valence electrons. The van der Waals surface area contributed by atoms with Crippen LogP contribution in [0.15, 0.2) is 170 Å². The average molecular weight is 755 g/mol. The Bertz CT molecular complexity index is 3020. The Balaban J connectivity index is 0.00000114. The van der Waals surface area contributed by atoms with Crippen molar-refractivity contribution >= 4 is 54.1 Å². The second kappa shape index (κ2) is 16.6. The molecule has 0 spiro atoms. The number of benzene rings is 8. The summed E-state index contributed by atoms with van der Waals surface area (Å²) in [6.07, 6.45) is 0. The van der Waals surface area contributed by atoms with E-state index in [1.165, 1.54) is 49.0 Å². The van der Waals surface area contributed by atoms with E-state index in [9.17, 15) is 0 Å². The third-order valence-electron chi connectivity index (χ3n) is 10.6. The molecule has 0 fully saturated rings. The Morgan fingerprint density at radius 3 is 1.34 bits per heavy atom. The molecule has 0 saturated heterocycles. The van der Waals surface area contributed by atoms with Gasteiger partial charge in [-0.15, -0.1) is 0 Å². The van der Waals surface area contributed by atoms with Gasteiger partial charge in [0.2, 0.25) is 0 Å². The highest BCUT2D eigenvalue weighted by Crippen LogP contribution is 2.47. The van der Waals surface area contributed by atoms with E-state index < -0.39 is 0 Å². The third kappa shape index (κ3) is 6.47. The molecule has 58 heavy (non-hydrogen) atoms. The summed E-state index contributed by atoms with van der Waals surface area (Å²) in [5.41, 5.74) is 10.1. The lowest BCUT2D eigenvalue weighted by Gasteiger charge is -2.19. The van der Waals surface area contributed by atoms with Gasteiger partial charge < -0.3 is 9.47 Å². The van der Waals surface area contributed by atoms with E-state index in [0.29, 0.717) is 11.5 Å². The quantitative estimate of drug-likeness (QED) is 0.125. The summed E-state index contributed by atoms with van der Waals surface area (Å²) in [7, 11) is 3.34. The standard InChI is InChI=1S/C50H34N2O2.2C2H6/c1-53-49-41-26-28-43(32-15-4-3-5-16-32)51-47(41)48-42(50(49)54-2)27-29-44(52-48)33-18-12-19-34(30-33)45-37-21-8-10-23-39(37)46(40-24-11-9-22-38(40)45)36-25-13-17-31-14-6-7-20-35(31)36;2*1-2/h3-30H,1-2H3;2*1-2H3. The number of methoxy groups -OCH3 is 2. The molecular formula is C54H46N2O2. The molecule has 10 rings (SSSR count). The number of pyridine rings is 2. The summed E-state index contributed by atoms with van der Waals surface area (Å²) < 4.78 is 11.9. The summed E-state index contributed by atoms with van der Waals surface area (Å²) in [5.74, 6) is 1.29. The van der Waals surface area contributed by atoms with Gasteiger partial charge in [-0.05, 0) is 84.9 Å². The zero-order valence-electron chi connectivity index (χ0n) is 33.9. The predicted molar refractivity (Wildman–Crippen MR) is 247 cm³/mol. The van der Waals surface area contributed by atoms with Crippen LogP contribution in [-0.4, -0.2) is 24.2 Å². The van der Waals surface area contributed by atoms with Gasteiger partial charge in [0.25, 0.3) is 0 Å². The van der Waals surface area contributed by atoms with Crippen LogP contribution in [0.4, 0.5) is 0 Å². The van der Waals surface area contributed by atoms with Gasteiger partial charge in [0, 0.05) is 21.9 Å². The predicted octanol–water partition coefficient (Wildman–Crippen LogP) is 15.0. The lowest BCUT2D eigenvalue weighted by Crippen LogP contribution is -1.98. The van der Waals surface area contributed by atoms with Crippen molar-refractivity contribution in [2.45, 2.75) is 27.7 Å². The molecule has 8 aromatic carbocycles. The van der Waals surface area contributed by atoms with Gasteiger partial charge in [-0.2, -0.15) is 0 Å². The van der Waals surface area contributed by atoms with Gasteiger partial charge in [-0.25, -0.2) is 9.97 Å². The SMILES string of the molecule is CC.CC.COc1c(OC)c2ccc(-c3cccc(-c4c5ccccc5c(-c5cccc6ccccc56)c5ccccc45)c3)nc2c2nc(-c3ccccc3)ccc12. The largest absolute Gasteiger partial charge is 0.492 e. The zero-order valence-corrected chi connectivity index (χ0v) is 33.9. The molecule has 2 heterocycles. The molecular weight excluding hydrogens is 709 g/mol. The van der Waals surface area contributed by atoms with Crippen molar-refractivity contribution < 1.29 is 9.47 Å². The molecule has 2 aromatic heterocycles. The minimum Gasteiger partial charge on any atom is -0.492 e. The Morgan fingerprint density at radius 1 is 0.345 bits per heavy atom. The fourth-order valence-corrected chi connectivity index (χ4v) is 8.23. The minimum absolute atomic E-state index is 0.645. The number of nitrogens with zero attached hydrogens (tertiary/aromatic N) is 2. The Morgan fingerprint density at radius 2 is 0.776 bits per heavy atom. The first kappa shape index (κ1) is 37.9. The fourth-order valence-electron chi connectivity index (χ4n) is 8.23. The van der Waals surface area contributed by atoms with E-state index in [4.69, 9.17) is 19.4 Å². The van der Waals surface area contributed by atoms with E-state index in [1.807, 2.05) is 52.0 Å². The highest BCUT2D eigenvalue weighted by Gasteiger charge is 2.21. The molecule has 0 aliphatic heterocycles. The molecule has 0 unspecified atom stereocenters. The smallest absolute Gasteiger partial charge is 0.170 e. The Hall–Kier alpha value is -7.04. The highest BCUT2D eigenvalue weighted by atomic mass is 16.5. The van der Waals surface area contributed by atoms with Crippen molar-refractivity contribution in [1.29, 1.82) is 0 Å². The number of hydrogen-bond donors (Lipinski definition) is 0. The molecule has 0 N–H and O–H groups in total. The first-order chi connectivity index (χ1) is 28.7. The van der Waals surface area contributed by atoms with E-state index in [-0.39, 0.29) is 0 Å². The number of rotatable bonds is 6. The van der Waals surface area contributed by atoms with E-state index in [2.05, 4.69) is 146 Å². The van der Waals surface area contributed by atoms with Crippen molar-refractivity contribution in [3.05, 3.63) is 170 Å². The van der Waals surface area contributed by atoms with Gasteiger partial charge in [-0.1, -0.05) is 167 Å². The third-order valence-corrected chi connectivity index (χ3v) is 10.6. The Kier molecular flexibility index (Phi) is 10.8. The lowest BCUT2D eigenvalue weighted by atomic mass is 9.84. The van der Waals surface area contributed by atoms with Gasteiger partial charge in [0.15, 0.2) is 11.5 Å². The number of ether oxygens (including phenoxy) is 2. The van der Waals surface area contributed by atoms with Crippen LogP contribution in [0.2, 0.25) is 0 Å². The van der Waals surface area contributed by atoms with Crippen LogP contribution in [0.3, 0.4) is 0 Å². The maximum Gasteiger partial charge on any atom is 0.170 e. The molecule has 4 heteroatoms.